The minimum atomic E-state index is -0.592. The van der Waals surface area contributed by atoms with E-state index < -0.39 is 5.82 Å². The Morgan fingerprint density at radius 3 is 2.85 bits per heavy atom. The number of halogens is 1. The molecule has 0 radical (unpaired) electrons. The molecule has 0 aliphatic carbocycles. The molecule has 2 aromatic rings. The van der Waals surface area contributed by atoms with E-state index in [4.69, 9.17) is 15.1 Å². The van der Waals surface area contributed by atoms with Gasteiger partial charge in [-0.25, -0.2) is 4.39 Å². The molecule has 0 unspecified atom stereocenters. The zero-order chi connectivity index (χ0) is 14.4. The van der Waals surface area contributed by atoms with Crippen molar-refractivity contribution in [3.8, 4) is 23.7 Å². The quantitative estimate of drug-likeness (QED) is 0.883. The first-order valence-corrected chi connectivity index (χ1v) is 6.55. The number of thiophene rings is 1. The van der Waals surface area contributed by atoms with Gasteiger partial charge in [0.05, 0.1) is 10.4 Å². The summed E-state index contributed by atoms with van der Waals surface area (Å²) in [6.45, 7) is 0.130. The number of benzene rings is 1. The number of aliphatic hydroxyl groups is 1. The van der Waals surface area contributed by atoms with Crippen LogP contribution in [0.1, 0.15) is 15.3 Å². The summed E-state index contributed by atoms with van der Waals surface area (Å²) in [6.07, 6.45) is 0. The average Bonchev–Trinajstić information content (AvgIpc) is 2.91. The van der Waals surface area contributed by atoms with Crippen LogP contribution < -0.4 is 4.74 Å². The molecule has 1 aromatic heterocycles. The highest BCUT2D eigenvalue weighted by molar-refractivity contribution is 7.12. The molecular weight excluding hydrogens is 277 g/mol. The molecule has 0 aliphatic heterocycles. The average molecular weight is 287 g/mol. The summed E-state index contributed by atoms with van der Waals surface area (Å²) in [4.78, 5) is 1.78. The minimum absolute atomic E-state index is 0.00459. The van der Waals surface area contributed by atoms with Crippen LogP contribution in [0.5, 0.6) is 5.75 Å². The highest BCUT2D eigenvalue weighted by atomic mass is 32.1. The van der Waals surface area contributed by atoms with Gasteiger partial charge in [0, 0.05) is 10.9 Å². The fraction of sp³-hybridized carbons (Fsp3) is 0.133. The summed E-state index contributed by atoms with van der Waals surface area (Å²) in [6, 6.07) is 9.60. The van der Waals surface area contributed by atoms with Crippen LogP contribution in [0.2, 0.25) is 0 Å². The van der Waals surface area contributed by atoms with Gasteiger partial charge in [-0.2, -0.15) is 5.26 Å². The van der Waals surface area contributed by atoms with Gasteiger partial charge in [0.2, 0.25) is 0 Å². The second-order valence-electron chi connectivity index (χ2n) is 3.77. The summed E-state index contributed by atoms with van der Waals surface area (Å²) in [5.74, 6) is 5.15. The van der Waals surface area contributed by atoms with E-state index in [0.717, 1.165) is 9.75 Å². The number of nitriles is 1. The molecule has 0 bridgehead atoms. The lowest BCUT2D eigenvalue weighted by molar-refractivity contribution is 0.308. The first-order valence-electron chi connectivity index (χ1n) is 5.74. The van der Waals surface area contributed by atoms with Gasteiger partial charge < -0.3 is 9.84 Å². The molecule has 0 spiro atoms. The van der Waals surface area contributed by atoms with Crippen molar-refractivity contribution in [2.24, 2.45) is 0 Å². The highest BCUT2D eigenvalue weighted by Crippen LogP contribution is 2.20. The Labute approximate surface area is 119 Å². The Balaban J connectivity index is 2.00. The normalized spacial score (nSPS) is 9.45. The van der Waals surface area contributed by atoms with E-state index in [0.29, 0.717) is 12.4 Å². The molecule has 100 valence electrons. The predicted molar refractivity (Wildman–Crippen MR) is 73.7 cm³/mol. The van der Waals surface area contributed by atoms with Gasteiger partial charge in [-0.05, 0) is 24.3 Å². The third kappa shape index (κ3) is 3.58. The van der Waals surface area contributed by atoms with E-state index in [2.05, 4.69) is 11.8 Å². The number of nitrogens with zero attached hydrogens (tertiary/aromatic N) is 1. The van der Waals surface area contributed by atoms with Crippen molar-refractivity contribution in [2.45, 2.75) is 6.61 Å². The summed E-state index contributed by atoms with van der Waals surface area (Å²) >= 11 is 1.45. The molecule has 1 N–H and O–H groups in total. The smallest absolute Gasteiger partial charge is 0.144 e. The zero-order valence-electron chi connectivity index (χ0n) is 10.4. The summed E-state index contributed by atoms with van der Waals surface area (Å²) in [5, 5.41) is 17.2. The molecule has 2 rings (SSSR count). The fourth-order valence-electron chi connectivity index (χ4n) is 1.48. The highest BCUT2D eigenvalue weighted by Gasteiger charge is 2.04. The van der Waals surface area contributed by atoms with Gasteiger partial charge in [0.1, 0.15) is 30.8 Å². The first kappa shape index (κ1) is 14.1. The van der Waals surface area contributed by atoms with Crippen molar-refractivity contribution < 1.29 is 14.2 Å². The third-order valence-electron chi connectivity index (χ3n) is 2.39. The summed E-state index contributed by atoms with van der Waals surface area (Å²) in [7, 11) is 0. The monoisotopic (exact) mass is 287 g/mol. The minimum Gasteiger partial charge on any atom is -0.488 e. The van der Waals surface area contributed by atoms with Crippen LogP contribution in [0.3, 0.4) is 0 Å². The number of hydrogen-bond acceptors (Lipinski definition) is 4. The van der Waals surface area contributed by atoms with E-state index in [9.17, 15) is 4.39 Å². The number of ether oxygens (including phenoxy) is 1. The lowest BCUT2D eigenvalue weighted by Gasteiger charge is -2.04. The molecule has 0 amide bonds. The molecule has 1 heterocycles. The zero-order valence-corrected chi connectivity index (χ0v) is 11.2. The summed E-state index contributed by atoms with van der Waals surface area (Å²) < 4.78 is 18.8. The van der Waals surface area contributed by atoms with E-state index in [-0.39, 0.29) is 12.2 Å². The number of hydrogen-bond donors (Lipinski definition) is 1. The SMILES string of the molecule is N#Cc1ccc(OCc2ccc(C#CCO)s2)cc1F. The van der Waals surface area contributed by atoms with Gasteiger partial charge in [-0.3, -0.25) is 0 Å². The van der Waals surface area contributed by atoms with E-state index in [1.807, 2.05) is 12.1 Å². The van der Waals surface area contributed by atoms with Crippen LogP contribution >= 0.6 is 11.3 Å². The van der Waals surface area contributed by atoms with Crippen molar-refractivity contribution in [3.63, 3.8) is 0 Å². The van der Waals surface area contributed by atoms with Gasteiger partial charge in [-0.15, -0.1) is 11.3 Å². The topological polar surface area (TPSA) is 53.2 Å². The number of rotatable bonds is 3. The van der Waals surface area contributed by atoms with E-state index in [1.165, 1.54) is 23.5 Å². The van der Waals surface area contributed by atoms with E-state index >= 15 is 0 Å². The molecule has 5 heteroatoms. The maximum Gasteiger partial charge on any atom is 0.144 e. The Hall–Kier alpha value is -2.34. The lowest BCUT2D eigenvalue weighted by Crippen LogP contribution is -1.94. The number of aliphatic hydroxyl groups excluding tert-OH is 1. The Kier molecular flexibility index (Phi) is 4.73. The van der Waals surface area contributed by atoms with Gasteiger partial charge in [0.15, 0.2) is 0 Å². The second kappa shape index (κ2) is 6.72. The van der Waals surface area contributed by atoms with Crippen molar-refractivity contribution in [3.05, 3.63) is 51.5 Å². The van der Waals surface area contributed by atoms with Crippen LogP contribution in [-0.4, -0.2) is 11.7 Å². The van der Waals surface area contributed by atoms with Gasteiger partial charge in [-0.1, -0.05) is 11.8 Å². The van der Waals surface area contributed by atoms with E-state index in [1.54, 1.807) is 12.1 Å². The predicted octanol–water partition coefficient (Wildman–Crippen LogP) is 2.68. The molecule has 0 aliphatic rings. The van der Waals surface area contributed by atoms with Gasteiger partial charge >= 0.3 is 0 Å². The maximum absolute atomic E-state index is 13.4. The van der Waals surface area contributed by atoms with Crippen LogP contribution in [0.4, 0.5) is 4.39 Å². The first-order chi connectivity index (χ1) is 9.72. The van der Waals surface area contributed by atoms with Crippen molar-refractivity contribution in [1.29, 1.82) is 5.26 Å². The van der Waals surface area contributed by atoms with Crippen molar-refractivity contribution >= 4 is 11.3 Å². The Morgan fingerprint density at radius 1 is 1.30 bits per heavy atom. The standard InChI is InChI=1S/C15H10FNO2S/c16-15-8-12(4-3-11(15)9-17)19-10-14-6-5-13(20-14)2-1-7-18/h3-6,8,18H,7,10H2. The Bertz CT molecular complexity index is 707. The molecule has 0 saturated carbocycles. The van der Waals surface area contributed by atoms with Crippen molar-refractivity contribution in [2.75, 3.05) is 6.61 Å². The third-order valence-corrected chi connectivity index (χ3v) is 3.37. The molecule has 1 aromatic carbocycles. The molecule has 0 saturated heterocycles. The van der Waals surface area contributed by atoms with Gasteiger partial charge in [0.25, 0.3) is 0 Å². The van der Waals surface area contributed by atoms with Crippen LogP contribution in [0.25, 0.3) is 0 Å². The van der Waals surface area contributed by atoms with Crippen LogP contribution in [0.15, 0.2) is 30.3 Å². The maximum atomic E-state index is 13.4. The van der Waals surface area contributed by atoms with Crippen LogP contribution in [0, 0.1) is 29.0 Å². The second-order valence-corrected chi connectivity index (χ2v) is 4.94. The fourth-order valence-corrected chi connectivity index (χ4v) is 2.28. The summed E-state index contributed by atoms with van der Waals surface area (Å²) in [5.41, 5.74) is -0.00459. The molecule has 20 heavy (non-hydrogen) atoms. The Morgan fingerprint density at radius 2 is 2.15 bits per heavy atom. The van der Waals surface area contributed by atoms with Crippen molar-refractivity contribution in [1.82, 2.24) is 0 Å². The molecule has 0 atom stereocenters. The van der Waals surface area contributed by atoms with Crippen LogP contribution in [-0.2, 0) is 6.61 Å². The largest absolute Gasteiger partial charge is 0.488 e. The molecular formula is C15H10FNO2S. The molecule has 3 nitrogen and oxygen atoms in total. The molecule has 0 fully saturated rings. The lowest BCUT2D eigenvalue weighted by atomic mass is 10.2.